The molecule has 4 nitrogen and oxygen atoms in total. The molecule has 0 aliphatic heterocycles. The van der Waals surface area contributed by atoms with E-state index in [0.29, 0.717) is 18.7 Å². The molecule has 0 saturated heterocycles. The summed E-state index contributed by atoms with van der Waals surface area (Å²) in [5.74, 6) is -0.348. The molecule has 0 aliphatic carbocycles. The van der Waals surface area contributed by atoms with Crippen LogP contribution >= 0.6 is 11.6 Å². The van der Waals surface area contributed by atoms with Crippen molar-refractivity contribution >= 4 is 27.3 Å². The molecule has 0 spiro atoms. The highest BCUT2D eigenvalue weighted by Gasteiger charge is 2.24. The molecule has 0 heterocycles. The Balaban J connectivity index is 3.01. The first-order valence-electron chi connectivity index (χ1n) is 6.21. The van der Waals surface area contributed by atoms with Crippen LogP contribution in [0.4, 0.5) is 10.1 Å². The van der Waals surface area contributed by atoms with Crippen molar-refractivity contribution in [2.24, 2.45) is 0 Å². The molecule has 0 atom stereocenters. The summed E-state index contributed by atoms with van der Waals surface area (Å²) in [7, 11) is -3.66. The molecule has 0 unspecified atom stereocenters. The van der Waals surface area contributed by atoms with E-state index in [4.69, 9.17) is 16.9 Å². The van der Waals surface area contributed by atoms with Crippen LogP contribution in [-0.2, 0) is 10.0 Å². The molecule has 0 amide bonds. The Morgan fingerprint density at radius 2 is 2.00 bits per heavy atom. The average molecular weight is 319 g/mol. The molecule has 0 saturated carbocycles. The zero-order valence-electron chi connectivity index (χ0n) is 10.9. The predicted molar refractivity (Wildman–Crippen MR) is 77.7 cm³/mol. The summed E-state index contributed by atoms with van der Waals surface area (Å²) in [6, 6.07) is 7.52. The van der Waals surface area contributed by atoms with E-state index in [-0.39, 0.29) is 24.4 Å². The van der Waals surface area contributed by atoms with Crippen molar-refractivity contribution in [2.75, 3.05) is 22.5 Å². The van der Waals surface area contributed by atoms with E-state index in [9.17, 15) is 12.8 Å². The maximum absolute atomic E-state index is 13.8. The molecule has 0 N–H and O–H groups in total. The molecule has 0 bridgehead atoms. The van der Waals surface area contributed by atoms with Crippen LogP contribution in [0.2, 0.25) is 0 Å². The van der Waals surface area contributed by atoms with Crippen molar-refractivity contribution < 1.29 is 12.8 Å². The number of nitrogens with zero attached hydrogens (tertiary/aromatic N) is 2. The molecule has 1 rings (SSSR count). The van der Waals surface area contributed by atoms with E-state index in [2.05, 4.69) is 0 Å². The van der Waals surface area contributed by atoms with Crippen molar-refractivity contribution in [3.8, 4) is 6.07 Å². The first kappa shape index (κ1) is 16.7. The Morgan fingerprint density at radius 3 is 2.60 bits per heavy atom. The second kappa shape index (κ2) is 8.08. The molecule has 1 aromatic rings. The van der Waals surface area contributed by atoms with Crippen LogP contribution in [0, 0.1) is 17.1 Å². The Hall–Kier alpha value is -1.32. The van der Waals surface area contributed by atoms with Crippen molar-refractivity contribution in [1.82, 2.24) is 0 Å². The van der Waals surface area contributed by atoms with Crippen molar-refractivity contribution in [2.45, 2.75) is 19.3 Å². The monoisotopic (exact) mass is 318 g/mol. The number of hydrogen-bond acceptors (Lipinski definition) is 3. The number of halogens is 2. The minimum atomic E-state index is -3.66. The third-order valence-electron chi connectivity index (χ3n) is 2.67. The second-order valence-corrected chi connectivity index (χ2v) is 6.53. The van der Waals surface area contributed by atoms with Crippen LogP contribution in [0.25, 0.3) is 0 Å². The topological polar surface area (TPSA) is 61.2 Å². The molecule has 110 valence electrons. The summed E-state index contributed by atoms with van der Waals surface area (Å²) in [4.78, 5) is 0. The molecule has 0 fully saturated rings. The van der Waals surface area contributed by atoms with Gasteiger partial charge in [-0.2, -0.15) is 5.26 Å². The fourth-order valence-electron chi connectivity index (χ4n) is 1.70. The van der Waals surface area contributed by atoms with E-state index in [0.717, 1.165) is 4.31 Å². The Labute approximate surface area is 123 Å². The summed E-state index contributed by atoms with van der Waals surface area (Å²) in [5.41, 5.74) is -0.0198. The van der Waals surface area contributed by atoms with Gasteiger partial charge in [0.2, 0.25) is 10.0 Å². The van der Waals surface area contributed by atoms with E-state index in [1.54, 1.807) is 6.07 Å². The van der Waals surface area contributed by atoms with Crippen molar-refractivity contribution in [1.29, 1.82) is 5.26 Å². The van der Waals surface area contributed by atoms with Gasteiger partial charge in [0.05, 0.1) is 23.9 Å². The number of rotatable bonds is 8. The van der Waals surface area contributed by atoms with Crippen LogP contribution in [-0.4, -0.2) is 26.6 Å². The standard InChI is InChI=1S/C13H16ClFN2O2S/c14-8-3-4-11-20(18,19)17(10-5-9-16)13-7-2-1-6-12(13)15/h1-2,6-7H,3-5,8,10-11H2. The molecule has 20 heavy (non-hydrogen) atoms. The van der Waals surface area contributed by atoms with Gasteiger partial charge >= 0.3 is 0 Å². The van der Waals surface area contributed by atoms with Crippen LogP contribution in [0.15, 0.2) is 24.3 Å². The van der Waals surface area contributed by atoms with E-state index in [1.165, 1.54) is 18.2 Å². The van der Waals surface area contributed by atoms with Crippen LogP contribution in [0.1, 0.15) is 19.3 Å². The number of alkyl halides is 1. The normalized spacial score (nSPS) is 11.1. The predicted octanol–water partition coefficient (Wildman–Crippen LogP) is 2.89. The van der Waals surface area contributed by atoms with Crippen molar-refractivity contribution in [3.63, 3.8) is 0 Å². The third kappa shape index (κ3) is 4.66. The lowest BCUT2D eigenvalue weighted by Gasteiger charge is -2.23. The van der Waals surface area contributed by atoms with E-state index in [1.807, 2.05) is 6.07 Å². The SMILES string of the molecule is N#CCCN(c1ccccc1F)S(=O)(=O)CCCCCl. The van der Waals surface area contributed by atoms with Gasteiger partial charge in [-0.15, -0.1) is 11.6 Å². The molecular weight excluding hydrogens is 303 g/mol. The summed E-state index contributed by atoms with van der Waals surface area (Å²) in [6.45, 7) is -0.0549. The first-order valence-corrected chi connectivity index (χ1v) is 8.35. The quantitative estimate of drug-likeness (QED) is 0.547. The highest BCUT2D eigenvalue weighted by molar-refractivity contribution is 7.92. The minimum absolute atomic E-state index is 0.00305. The lowest BCUT2D eigenvalue weighted by atomic mass is 10.3. The van der Waals surface area contributed by atoms with Gasteiger partial charge < -0.3 is 0 Å². The summed E-state index contributed by atoms with van der Waals surface area (Å²) < 4.78 is 39.3. The van der Waals surface area contributed by atoms with Crippen LogP contribution in [0.3, 0.4) is 0 Å². The van der Waals surface area contributed by atoms with Gasteiger partial charge in [-0.3, -0.25) is 4.31 Å². The van der Waals surface area contributed by atoms with Gasteiger partial charge in [0.1, 0.15) is 5.82 Å². The van der Waals surface area contributed by atoms with Gasteiger partial charge in [0, 0.05) is 12.4 Å². The van der Waals surface area contributed by atoms with Gasteiger partial charge in [-0.05, 0) is 25.0 Å². The largest absolute Gasteiger partial charge is 0.266 e. The summed E-state index contributed by atoms with van der Waals surface area (Å²) in [5, 5.41) is 8.63. The molecule has 7 heteroatoms. The number of anilines is 1. The molecule has 0 aliphatic rings. The van der Waals surface area contributed by atoms with Crippen molar-refractivity contribution in [3.05, 3.63) is 30.1 Å². The van der Waals surface area contributed by atoms with Crippen LogP contribution < -0.4 is 4.31 Å². The number of para-hydroxylation sites is 1. The zero-order chi connectivity index (χ0) is 15.0. The van der Waals surface area contributed by atoms with Gasteiger partial charge in [0.25, 0.3) is 0 Å². The smallest absolute Gasteiger partial charge is 0.235 e. The molecule has 0 radical (unpaired) electrons. The first-order chi connectivity index (χ1) is 9.53. The number of nitriles is 1. The zero-order valence-corrected chi connectivity index (χ0v) is 12.5. The summed E-state index contributed by atoms with van der Waals surface area (Å²) >= 11 is 5.52. The molecular formula is C13H16ClFN2O2S. The number of sulfonamides is 1. The number of benzene rings is 1. The Bertz CT molecular complexity index is 572. The highest BCUT2D eigenvalue weighted by Crippen LogP contribution is 2.23. The third-order valence-corrected chi connectivity index (χ3v) is 4.79. The number of hydrogen-bond donors (Lipinski definition) is 0. The summed E-state index contributed by atoms with van der Waals surface area (Å²) in [6.07, 6.45) is 0.983. The molecule has 1 aromatic carbocycles. The lowest BCUT2D eigenvalue weighted by Crippen LogP contribution is -2.34. The van der Waals surface area contributed by atoms with Gasteiger partial charge in [0.15, 0.2) is 0 Å². The maximum atomic E-state index is 13.8. The Morgan fingerprint density at radius 1 is 1.30 bits per heavy atom. The number of unbranched alkanes of at least 4 members (excludes halogenated alkanes) is 1. The van der Waals surface area contributed by atoms with Crippen LogP contribution in [0.5, 0.6) is 0 Å². The Kier molecular flexibility index (Phi) is 6.76. The average Bonchev–Trinajstić information content (AvgIpc) is 2.41. The van der Waals surface area contributed by atoms with E-state index < -0.39 is 15.8 Å². The van der Waals surface area contributed by atoms with Gasteiger partial charge in [-0.1, -0.05) is 12.1 Å². The maximum Gasteiger partial charge on any atom is 0.235 e. The lowest BCUT2D eigenvalue weighted by molar-refractivity contribution is 0.582. The second-order valence-electron chi connectivity index (χ2n) is 4.14. The van der Waals surface area contributed by atoms with Gasteiger partial charge in [-0.25, -0.2) is 12.8 Å². The molecule has 0 aromatic heterocycles. The highest BCUT2D eigenvalue weighted by atomic mass is 35.5. The fraction of sp³-hybridized carbons (Fsp3) is 0.462. The minimum Gasteiger partial charge on any atom is -0.266 e. The fourth-order valence-corrected chi connectivity index (χ4v) is 3.50. The van der Waals surface area contributed by atoms with E-state index >= 15 is 0 Å².